The highest BCUT2D eigenvalue weighted by atomic mass is 35.5. The lowest BCUT2D eigenvalue weighted by atomic mass is 9.98. The first-order valence-corrected chi connectivity index (χ1v) is 8.54. The highest BCUT2D eigenvalue weighted by Crippen LogP contribution is 2.27. The molecule has 0 bridgehead atoms. The molecule has 0 aliphatic rings. The first kappa shape index (κ1) is 17.1. The van der Waals surface area contributed by atoms with E-state index in [2.05, 4.69) is 9.97 Å². The Morgan fingerprint density at radius 3 is 2.67 bits per heavy atom. The topological polar surface area (TPSA) is 102 Å². The van der Waals surface area contributed by atoms with Crippen LogP contribution in [0.25, 0.3) is 22.5 Å². The largest absolute Gasteiger partial charge is 0.443 e. The lowest BCUT2D eigenvalue weighted by Gasteiger charge is -2.11. The van der Waals surface area contributed by atoms with Crippen molar-refractivity contribution in [1.29, 1.82) is 0 Å². The Labute approximate surface area is 158 Å². The normalized spacial score (nSPS) is 11.0. The maximum absolute atomic E-state index is 13.3. The molecule has 3 N–H and O–H groups in total. The predicted molar refractivity (Wildman–Crippen MR) is 103 cm³/mol. The molecule has 7 heteroatoms. The average molecular weight is 380 g/mol. The molecular weight excluding hydrogens is 366 g/mol. The van der Waals surface area contributed by atoms with E-state index in [1.165, 1.54) is 18.5 Å². The molecule has 4 rings (SSSR count). The van der Waals surface area contributed by atoms with Crippen molar-refractivity contribution in [2.24, 2.45) is 5.73 Å². The number of halogens is 1. The Hall–Kier alpha value is -3.38. The molecule has 2 heterocycles. The number of aromatic amines is 1. The van der Waals surface area contributed by atoms with Crippen LogP contribution in [0.15, 0.2) is 64.1 Å². The third-order valence-electron chi connectivity index (χ3n) is 4.30. The Bertz CT molecular complexity index is 1200. The minimum Gasteiger partial charge on any atom is -0.443 e. The van der Waals surface area contributed by atoms with Gasteiger partial charge in [-0.25, -0.2) is 4.98 Å². The van der Waals surface area contributed by atoms with E-state index < -0.39 is 5.91 Å². The van der Waals surface area contributed by atoms with E-state index in [1.807, 2.05) is 30.3 Å². The maximum atomic E-state index is 13.3. The number of hydrogen-bond acceptors (Lipinski definition) is 4. The van der Waals surface area contributed by atoms with Crippen molar-refractivity contribution in [2.75, 3.05) is 0 Å². The minimum absolute atomic E-state index is 0.0759. The van der Waals surface area contributed by atoms with Gasteiger partial charge in [0.05, 0.1) is 22.7 Å². The van der Waals surface area contributed by atoms with Gasteiger partial charge in [0.15, 0.2) is 5.43 Å². The summed E-state index contributed by atoms with van der Waals surface area (Å²) in [6, 6.07) is 12.5. The fraction of sp³-hybridized carbons (Fsp3) is 0.0500. The van der Waals surface area contributed by atoms with Crippen LogP contribution < -0.4 is 11.2 Å². The Morgan fingerprint density at radius 2 is 2.00 bits per heavy atom. The molecule has 4 aromatic rings. The second-order valence-corrected chi connectivity index (χ2v) is 6.48. The minimum atomic E-state index is -0.720. The molecule has 6 nitrogen and oxygen atoms in total. The van der Waals surface area contributed by atoms with Crippen molar-refractivity contribution >= 4 is 28.4 Å². The van der Waals surface area contributed by atoms with Gasteiger partial charge in [0.2, 0.25) is 11.8 Å². The van der Waals surface area contributed by atoms with Crippen molar-refractivity contribution < 1.29 is 9.21 Å². The number of carbonyl (C=O) groups is 1. The summed E-state index contributed by atoms with van der Waals surface area (Å²) in [6.07, 6.45) is 3.26. The van der Waals surface area contributed by atoms with Gasteiger partial charge in [-0.15, -0.1) is 0 Å². The molecule has 0 unspecified atom stereocenters. The van der Waals surface area contributed by atoms with Crippen LogP contribution in [0.3, 0.4) is 0 Å². The van der Waals surface area contributed by atoms with E-state index in [0.29, 0.717) is 28.2 Å². The lowest BCUT2D eigenvalue weighted by Crippen LogP contribution is -2.20. The maximum Gasteiger partial charge on any atom is 0.249 e. The third kappa shape index (κ3) is 3.11. The molecule has 0 aliphatic carbocycles. The summed E-state index contributed by atoms with van der Waals surface area (Å²) in [5.74, 6) is -0.442. The third-order valence-corrected chi connectivity index (χ3v) is 4.52. The van der Waals surface area contributed by atoms with E-state index in [0.717, 1.165) is 5.56 Å². The molecule has 2 aromatic carbocycles. The van der Waals surface area contributed by atoms with Crippen LogP contribution in [0.1, 0.15) is 21.5 Å². The molecular formula is C20H14ClN3O3. The molecule has 134 valence electrons. The van der Waals surface area contributed by atoms with Crippen LogP contribution in [0.4, 0.5) is 0 Å². The van der Waals surface area contributed by atoms with E-state index >= 15 is 0 Å². The first-order chi connectivity index (χ1) is 13.0. The summed E-state index contributed by atoms with van der Waals surface area (Å²) in [5, 5.41) is 0.495. The number of pyridine rings is 1. The SMILES string of the molecule is NC(=O)c1cc(Cl)cc2[nH]c(-c3ncco3)c(Cc3ccccc3)c(=O)c12. The number of nitrogens with one attached hydrogen (secondary N) is 1. The average Bonchev–Trinajstić information content (AvgIpc) is 3.18. The summed E-state index contributed by atoms with van der Waals surface area (Å²) in [6.45, 7) is 0. The van der Waals surface area contributed by atoms with E-state index in [-0.39, 0.29) is 22.3 Å². The van der Waals surface area contributed by atoms with Gasteiger partial charge in [0, 0.05) is 17.0 Å². The molecule has 0 spiro atoms. The van der Waals surface area contributed by atoms with Gasteiger partial charge in [-0.05, 0) is 17.7 Å². The van der Waals surface area contributed by atoms with Crippen LogP contribution in [-0.4, -0.2) is 15.9 Å². The summed E-state index contributed by atoms with van der Waals surface area (Å²) in [5.41, 5.74) is 7.44. The number of benzene rings is 2. The number of nitrogens with two attached hydrogens (primary N) is 1. The second-order valence-electron chi connectivity index (χ2n) is 6.05. The molecule has 0 aliphatic heterocycles. The molecule has 2 aromatic heterocycles. The zero-order chi connectivity index (χ0) is 19.0. The quantitative estimate of drug-likeness (QED) is 0.566. The lowest BCUT2D eigenvalue weighted by molar-refractivity contribution is 0.100. The van der Waals surface area contributed by atoms with Crippen molar-refractivity contribution in [1.82, 2.24) is 9.97 Å². The van der Waals surface area contributed by atoms with Gasteiger partial charge in [0.1, 0.15) is 12.0 Å². The Balaban J connectivity index is 2.06. The van der Waals surface area contributed by atoms with Crippen LogP contribution in [-0.2, 0) is 6.42 Å². The van der Waals surface area contributed by atoms with Crippen LogP contribution in [0, 0.1) is 0 Å². The molecule has 0 fully saturated rings. The number of hydrogen-bond donors (Lipinski definition) is 2. The number of primary amides is 1. The summed E-state index contributed by atoms with van der Waals surface area (Å²) >= 11 is 6.10. The zero-order valence-electron chi connectivity index (χ0n) is 14.0. The van der Waals surface area contributed by atoms with Gasteiger partial charge in [0.25, 0.3) is 0 Å². The smallest absolute Gasteiger partial charge is 0.249 e. The number of fused-ring (bicyclic) bond motifs is 1. The fourth-order valence-corrected chi connectivity index (χ4v) is 3.34. The first-order valence-electron chi connectivity index (χ1n) is 8.16. The molecule has 0 atom stereocenters. The van der Waals surface area contributed by atoms with E-state index in [9.17, 15) is 9.59 Å². The number of amides is 1. The second kappa shape index (κ2) is 6.74. The van der Waals surface area contributed by atoms with Crippen molar-refractivity contribution in [3.8, 4) is 11.6 Å². The van der Waals surface area contributed by atoms with Crippen LogP contribution >= 0.6 is 11.6 Å². The van der Waals surface area contributed by atoms with Gasteiger partial charge >= 0.3 is 0 Å². The highest BCUT2D eigenvalue weighted by molar-refractivity contribution is 6.32. The summed E-state index contributed by atoms with van der Waals surface area (Å²) in [4.78, 5) is 32.5. The molecule has 0 saturated carbocycles. The summed E-state index contributed by atoms with van der Waals surface area (Å²) in [7, 11) is 0. The van der Waals surface area contributed by atoms with Crippen molar-refractivity contribution in [3.05, 3.63) is 86.9 Å². The van der Waals surface area contributed by atoms with Gasteiger partial charge in [-0.1, -0.05) is 41.9 Å². The predicted octanol–water partition coefficient (Wildman–Crippen LogP) is 3.53. The van der Waals surface area contributed by atoms with Gasteiger partial charge in [-0.3, -0.25) is 9.59 Å². The van der Waals surface area contributed by atoms with Crippen molar-refractivity contribution in [2.45, 2.75) is 6.42 Å². The monoisotopic (exact) mass is 379 g/mol. The Morgan fingerprint density at radius 1 is 1.22 bits per heavy atom. The highest BCUT2D eigenvalue weighted by Gasteiger charge is 2.21. The fourth-order valence-electron chi connectivity index (χ4n) is 3.12. The zero-order valence-corrected chi connectivity index (χ0v) is 14.8. The van der Waals surface area contributed by atoms with Gasteiger partial charge in [-0.2, -0.15) is 0 Å². The van der Waals surface area contributed by atoms with E-state index in [4.69, 9.17) is 21.8 Å². The Kier molecular flexibility index (Phi) is 4.25. The van der Waals surface area contributed by atoms with E-state index in [1.54, 1.807) is 6.07 Å². The molecule has 27 heavy (non-hydrogen) atoms. The molecule has 0 saturated heterocycles. The number of H-pyrrole nitrogens is 1. The standard InChI is InChI=1S/C20H14ClN3O3/c21-12-9-13(19(22)26)16-15(10-12)24-17(20-23-6-7-27-20)14(18(16)25)8-11-4-2-1-3-5-11/h1-7,9-10H,8H2,(H2,22,26)(H,24,25). The number of carbonyl (C=O) groups excluding carboxylic acids is 1. The van der Waals surface area contributed by atoms with Gasteiger partial charge < -0.3 is 15.1 Å². The van der Waals surface area contributed by atoms with Crippen LogP contribution in [0.2, 0.25) is 5.02 Å². The molecule has 0 radical (unpaired) electrons. The molecule has 1 amide bonds. The number of aromatic nitrogens is 2. The van der Waals surface area contributed by atoms with Crippen LogP contribution in [0.5, 0.6) is 0 Å². The number of rotatable bonds is 4. The number of oxazole rings is 1. The van der Waals surface area contributed by atoms with Crippen molar-refractivity contribution in [3.63, 3.8) is 0 Å². The summed E-state index contributed by atoms with van der Waals surface area (Å²) < 4.78 is 5.40. The number of nitrogens with zero attached hydrogens (tertiary/aromatic N) is 1.